The van der Waals surface area contributed by atoms with Gasteiger partial charge in [-0.3, -0.25) is 0 Å². The summed E-state index contributed by atoms with van der Waals surface area (Å²) < 4.78 is -1.30. The van der Waals surface area contributed by atoms with Crippen molar-refractivity contribution in [3.05, 3.63) is 0 Å². The first-order valence-electron chi connectivity index (χ1n) is 3.76. The number of rotatable bonds is 5. The maximum Gasteiger partial charge on any atom is 0.192 e. The van der Waals surface area contributed by atoms with Crippen LogP contribution in [0.3, 0.4) is 0 Å². The quantitative estimate of drug-likeness (QED) is 0.628. The Morgan fingerprint density at radius 3 is 1.92 bits per heavy atom. The highest BCUT2D eigenvalue weighted by molar-refractivity contribution is 6.67. The van der Waals surface area contributed by atoms with Gasteiger partial charge in [0.15, 0.2) is 3.79 Å². The van der Waals surface area contributed by atoms with Crippen molar-refractivity contribution in [2.75, 3.05) is 5.88 Å². The van der Waals surface area contributed by atoms with E-state index in [9.17, 15) is 0 Å². The fourth-order valence-electron chi connectivity index (χ4n) is 0.848. The van der Waals surface area contributed by atoms with Crippen molar-refractivity contribution in [2.24, 2.45) is 0 Å². The monoisotopic (exact) mass is 304 g/mol. The van der Waals surface area contributed by atoms with Crippen molar-refractivity contribution in [1.29, 1.82) is 0 Å². The molecule has 0 saturated heterocycles. The minimum Gasteiger partial charge on any atom is -0.127 e. The summed E-state index contributed by atoms with van der Waals surface area (Å²) in [6, 6.07) is 0. The van der Waals surface area contributed by atoms with E-state index in [1.165, 1.54) is 0 Å². The second-order valence-corrected chi connectivity index (χ2v) is 6.86. The SMILES string of the molecule is ClCCC(Cl)CC(Cl)CC(Cl)(Cl)Cl. The summed E-state index contributed by atoms with van der Waals surface area (Å²) in [5, 5.41) is -0.273. The van der Waals surface area contributed by atoms with Crippen molar-refractivity contribution < 1.29 is 0 Å². The normalized spacial score (nSPS) is 17.1. The molecule has 0 aliphatic carbocycles. The molecule has 0 saturated carbocycles. The molecule has 0 aliphatic rings. The lowest BCUT2D eigenvalue weighted by molar-refractivity contribution is 0.655. The average molecular weight is 307 g/mol. The number of hydrogen-bond acceptors (Lipinski definition) is 0. The smallest absolute Gasteiger partial charge is 0.127 e. The fraction of sp³-hybridized carbons (Fsp3) is 1.00. The Bertz CT molecular complexity index is 131. The van der Waals surface area contributed by atoms with E-state index >= 15 is 0 Å². The summed E-state index contributed by atoms with van der Waals surface area (Å²) in [4.78, 5) is 0. The first-order valence-corrected chi connectivity index (χ1v) is 6.30. The van der Waals surface area contributed by atoms with Crippen LogP contribution in [0.2, 0.25) is 0 Å². The molecule has 0 aromatic rings. The van der Waals surface area contributed by atoms with Crippen molar-refractivity contribution in [2.45, 2.75) is 33.8 Å². The van der Waals surface area contributed by atoms with Gasteiger partial charge >= 0.3 is 0 Å². The molecule has 2 atom stereocenters. The number of hydrogen-bond donors (Lipinski definition) is 0. The molecule has 0 heterocycles. The van der Waals surface area contributed by atoms with Crippen LogP contribution in [0.5, 0.6) is 0 Å². The Labute approximate surface area is 109 Å². The predicted octanol–water partition coefficient (Wildman–Crippen LogP) is 4.98. The van der Waals surface area contributed by atoms with Crippen LogP contribution >= 0.6 is 69.6 Å². The third-order valence-corrected chi connectivity index (χ3v) is 2.80. The third kappa shape index (κ3) is 10.0. The Morgan fingerprint density at radius 2 is 1.54 bits per heavy atom. The largest absolute Gasteiger partial charge is 0.192 e. The molecule has 13 heavy (non-hydrogen) atoms. The highest BCUT2D eigenvalue weighted by Gasteiger charge is 2.25. The van der Waals surface area contributed by atoms with Crippen LogP contribution in [0.25, 0.3) is 0 Å². The Kier molecular flexibility index (Phi) is 8.03. The summed E-state index contributed by atoms with van der Waals surface area (Å²) in [5.41, 5.74) is 0. The highest BCUT2D eigenvalue weighted by atomic mass is 35.6. The van der Waals surface area contributed by atoms with Gasteiger partial charge in [-0.15, -0.1) is 34.8 Å². The van der Waals surface area contributed by atoms with E-state index in [-0.39, 0.29) is 10.8 Å². The van der Waals surface area contributed by atoms with E-state index in [1.54, 1.807) is 0 Å². The summed E-state index contributed by atoms with van der Waals surface area (Å²) in [6.07, 6.45) is 1.61. The molecule has 0 aromatic carbocycles. The molecular weight excluding hydrogens is 297 g/mol. The average Bonchev–Trinajstić information content (AvgIpc) is 1.81. The standard InChI is InChI=1S/C7H10Cl6/c8-2-1-5(9)3-6(10)4-7(11,12)13/h5-6H,1-4H2. The Balaban J connectivity index is 3.67. The van der Waals surface area contributed by atoms with Crippen LogP contribution in [-0.2, 0) is 0 Å². The zero-order valence-corrected chi connectivity index (χ0v) is 11.3. The third-order valence-electron chi connectivity index (χ3n) is 1.39. The molecule has 0 spiro atoms. The molecular formula is C7H10Cl6. The molecule has 0 N–H and O–H groups in total. The maximum atomic E-state index is 5.92. The fourth-order valence-corrected chi connectivity index (χ4v) is 2.88. The van der Waals surface area contributed by atoms with Crippen LogP contribution in [0, 0.1) is 0 Å². The van der Waals surface area contributed by atoms with Gasteiger partial charge in [0.1, 0.15) is 0 Å². The van der Waals surface area contributed by atoms with Crippen molar-refractivity contribution in [1.82, 2.24) is 0 Å². The van der Waals surface area contributed by atoms with Crippen molar-refractivity contribution in [3.63, 3.8) is 0 Å². The Hall–Kier alpha value is 1.74. The molecule has 0 fully saturated rings. The van der Waals surface area contributed by atoms with Gasteiger partial charge in [-0.2, -0.15) is 0 Å². The first-order chi connectivity index (χ1) is 5.85. The van der Waals surface area contributed by atoms with Gasteiger partial charge in [-0.1, -0.05) is 34.8 Å². The van der Waals surface area contributed by atoms with E-state index in [4.69, 9.17) is 69.6 Å². The van der Waals surface area contributed by atoms with Crippen LogP contribution in [-0.4, -0.2) is 20.4 Å². The highest BCUT2D eigenvalue weighted by Crippen LogP contribution is 2.34. The number of alkyl halides is 6. The zero-order chi connectivity index (χ0) is 10.5. The Morgan fingerprint density at radius 1 is 1.00 bits per heavy atom. The van der Waals surface area contributed by atoms with Crippen LogP contribution in [0.1, 0.15) is 19.3 Å². The van der Waals surface area contributed by atoms with E-state index in [0.717, 1.165) is 0 Å². The predicted molar refractivity (Wildman–Crippen MR) is 64.1 cm³/mol. The van der Waals surface area contributed by atoms with Gasteiger partial charge in [-0.05, 0) is 12.8 Å². The molecule has 0 amide bonds. The molecule has 80 valence electrons. The van der Waals surface area contributed by atoms with E-state index in [1.807, 2.05) is 0 Å². The lowest BCUT2D eigenvalue weighted by Gasteiger charge is -2.17. The van der Waals surface area contributed by atoms with Crippen LogP contribution < -0.4 is 0 Å². The molecule has 0 radical (unpaired) electrons. The van der Waals surface area contributed by atoms with Gasteiger partial charge < -0.3 is 0 Å². The summed E-state index contributed by atoms with van der Waals surface area (Å²) >= 11 is 34.0. The maximum absolute atomic E-state index is 5.92. The lowest BCUT2D eigenvalue weighted by atomic mass is 10.1. The molecule has 0 bridgehead atoms. The molecule has 0 aliphatic heterocycles. The van der Waals surface area contributed by atoms with Gasteiger partial charge in [0, 0.05) is 23.1 Å². The van der Waals surface area contributed by atoms with E-state index < -0.39 is 3.79 Å². The molecule has 0 nitrogen and oxygen atoms in total. The molecule has 0 rings (SSSR count). The van der Waals surface area contributed by atoms with Gasteiger partial charge in [-0.25, -0.2) is 0 Å². The second-order valence-electron chi connectivity index (χ2n) is 2.73. The topological polar surface area (TPSA) is 0 Å². The summed E-state index contributed by atoms with van der Waals surface area (Å²) in [6.45, 7) is 0. The van der Waals surface area contributed by atoms with Gasteiger partial charge in [0.05, 0.1) is 0 Å². The van der Waals surface area contributed by atoms with Crippen molar-refractivity contribution >= 4 is 69.6 Å². The second kappa shape index (κ2) is 7.09. The molecule has 2 unspecified atom stereocenters. The van der Waals surface area contributed by atoms with E-state index in [0.29, 0.717) is 25.1 Å². The summed E-state index contributed by atoms with van der Waals surface area (Å²) in [7, 11) is 0. The van der Waals surface area contributed by atoms with Crippen LogP contribution in [0.15, 0.2) is 0 Å². The minimum atomic E-state index is -1.30. The van der Waals surface area contributed by atoms with Crippen LogP contribution in [0.4, 0.5) is 0 Å². The zero-order valence-electron chi connectivity index (χ0n) is 6.75. The van der Waals surface area contributed by atoms with Gasteiger partial charge in [0.25, 0.3) is 0 Å². The van der Waals surface area contributed by atoms with Gasteiger partial charge in [0.2, 0.25) is 0 Å². The van der Waals surface area contributed by atoms with Crippen molar-refractivity contribution in [3.8, 4) is 0 Å². The lowest BCUT2D eigenvalue weighted by Crippen LogP contribution is -2.16. The molecule has 0 aromatic heterocycles. The molecule has 6 heteroatoms. The number of halogens is 6. The van der Waals surface area contributed by atoms with E-state index in [2.05, 4.69) is 0 Å². The minimum absolute atomic E-state index is 0.0487. The summed E-state index contributed by atoms with van der Waals surface area (Å²) in [5.74, 6) is 0.519. The first kappa shape index (κ1) is 14.7.